The van der Waals surface area contributed by atoms with Crippen LogP contribution in [0.25, 0.3) is 0 Å². The van der Waals surface area contributed by atoms with Gasteiger partial charge in [0.15, 0.2) is 5.60 Å². The van der Waals surface area contributed by atoms with Crippen molar-refractivity contribution in [2.45, 2.75) is 31.8 Å². The number of rotatable bonds is 3. The first-order valence-electron chi connectivity index (χ1n) is 7.87. The van der Waals surface area contributed by atoms with Gasteiger partial charge >= 0.3 is 5.97 Å². The monoisotopic (exact) mass is 285 g/mol. The Hall–Kier alpha value is -1.61. The summed E-state index contributed by atoms with van der Waals surface area (Å²) in [5.41, 5.74) is 1.54. The molecule has 0 amide bonds. The van der Waals surface area contributed by atoms with Gasteiger partial charge < -0.3 is 10.1 Å². The number of ether oxygens (including phenoxy) is 1. The van der Waals surface area contributed by atoms with Crippen LogP contribution in [0.15, 0.2) is 42.5 Å². The van der Waals surface area contributed by atoms with Gasteiger partial charge in [-0.05, 0) is 37.4 Å². The molecule has 3 heteroatoms. The number of esters is 1. The number of hydrogen-bond donors (Lipinski definition) is 1. The van der Waals surface area contributed by atoms with Crippen LogP contribution in [0.3, 0.4) is 0 Å². The average Bonchev–Trinajstić information content (AvgIpc) is 2.76. The van der Waals surface area contributed by atoms with Crippen LogP contribution < -0.4 is 5.32 Å². The zero-order valence-electron chi connectivity index (χ0n) is 12.6. The summed E-state index contributed by atoms with van der Waals surface area (Å²) in [6, 6.07) is 10.1. The summed E-state index contributed by atoms with van der Waals surface area (Å²) >= 11 is 0. The Bertz CT molecular complexity index is 539. The van der Waals surface area contributed by atoms with E-state index in [0.29, 0.717) is 18.3 Å². The van der Waals surface area contributed by atoms with Crippen LogP contribution in [0, 0.1) is 11.8 Å². The van der Waals surface area contributed by atoms with Crippen molar-refractivity contribution in [3.63, 3.8) is 0 Å². The maximum atomic E-state index is 12.0. The fourth-order valence-electron chi connectivity index (χ4n) is 3.90. The van der Waals surface area contributed by atoms with Gasteiger partial charge in [-0.25, -0.2) is 0 Å². The maximum absolute atomic E-state index is 12.0. The highest BCUT2D eigenvalue weighted by atomic mass is 16.6. The molecule has 21 heavy (non-hydrogen) atoms. The molecular formula is C18H23NO2. The Labute approximate surface area is 126 Å². The average molecular weight is 285 g/mol. The lowest BCUT2D eigenvalue weighted by atomic mass is 9.53. The molecule has 2 aliphatic rings. The molecule has 0 aromatic heterocycles. The third-order valence-corrected chi connectivity index (χ3v) is 4.96. The molecule has 1 aliphatic heterocycles. The lowest BCUT2D eigenvalue weighted by Gasteiger charge is -2.56. The molecule has 1 saturated heterocycles. The summed E-state index contributed by atoms with van der Waals surface area (Å²) < 4.78 is 5.98. The Morgan fingerprint density at radius 2 is 2.05 bits per heavy atom. The fraction of sp³-hybridized carbons (Fsp3) is 0.500. The van der Waals surface area contributed by atoms with Crippen molar-refractivity contribution in [1.29, 1.82) is 0 Å². The molecule has 3 nitrogen and oxygen atoms in total. The smallest absolute Gasteiger partial charge is 0.306 e. The third-order valence-electron chi connectivity index (χ3n) is 4.96. The van der Waals surface area contributed by atoms with Crippen LogP contribution in [-0.4, -0.2) is 19.1 Å². The molecule has 3 unspecified atom stereocenters. The Morgan fingerprint density at radius 1 is 1.33 bits per heavy atom. The highest BCUT2D eigenvalue weighted by Gasteiger charge is 2.60. The van der Waals surface area contributed by atoms with Gasteiger partial charge in [-0.3, -0.25) is 4.79 Å². The number of fused-ring (bicyclic) bond motifs is 1. The van der Waals surface area contributed by atoms with Crippen LogP contribution in [0.5, 0.6) is 0 Å². The largest absolute Gasteiger partial charge is 0.449 e. The van der Waals surface area contributed by atoms with Crippen molar-refractivity contribution >= 4 is 5.97 Å². The van der Waals surface area contributed by atoms with E-state index in [2.05, 4.69) is 24.0 Å². The van der Waals surface area contributed by atoms with Gasteiger partial charge in [0.05, 0.1) is 0 Å². The normalized spacial score (nSPS) is 31.8. The topological polar surface area (TPSA) is 38.3 Å². The van der Waals surface area contributed by atoms with Crippen LogP contribution in [0.4, 0.5) is 0 Å². The molecule has 3 rings (SSSR count). The van der Waals surface area contributed by atoms with Gasteiger partial charge in [0.1, 0.15) is 0 Å². The molecule has 0 radical (unpaired) electrons. The van der Waals surface area contributed by atoms with Gasteiger partial charge in [-0.1, -0.05) is 43.8 Å². The van der Waals surface area contributed by atoms with Gasteiger partial charge in [-0.15, -0.1) is 0 Å². The summed E-state index contributed by atoms with van der Waals surface area (Å²) in [6.07, 6.45) is 2.51. The second-order valence-corrected chi connectivity index (χ2v) is 5.99. The lowest BCUT2D eigenvalue weighted by molar-refractivity contribution is -0.177. The van der Waals surface area contributed by atoms with Crippen molar-refractivity contribution in [3.8, 4) is 0 Å². The van der Waals surface area contributed by atoms with Crippen molar-refractivity contribution in [2.75, 3.05) is 13.1 Å². The SMILES string of the molecule is C=C1C2CCNCCC2C1(OC(=O)CC)c1ccccc1. The highest BCUT2D eigenvalue weighted by Crippen LogP contribution is 2.60. The summed E-state index contributed by atoms with van der Waals surface area (Å²) in [5, 5.41) is 3.44. The molecule has 3 atom stereocenters. The second-order valence-electron chi connectivity index (χ2n) is 5.99. The minimum absolute atomic E-state index is 0.143. The molecular weight excluding hydrogens is 262 g/mol. The summed E-state index contributed by atoms with van der Waals surface area (Å²) in [5.74, 6) is 0.665. The molecule has 112 valence electrons. The van der Waals surface area contributed by atoms with E-state index in [1.54, 1.807) is 0 Å². The van der Waals surface area contributed by atoms with Crippen molar-refractivity contribution < 1.29 is 9.53 Å². The van der Waals surface area contributed by atoms with Crippen LogP contribution in [0.2, 0.25) is 0 Å². The van der Waals surface area contributed by atoms with E-state index >= 15 is 0 Å². The van der Waals surface area contributed by atoms with Gasteiger partial charge in [0, 0.05) is 17.9 Å². The van der Waals surface area contributed by atoms with Gasteiger partial charge in [0.2, 0.25) is 0 Å². The lowest BCUT2D eigenvalue weighted by Crippen LogP contribution is -2.56. The predicted octanol–water partition coefficient (Wildman–Crippen LogP) is 3.02. The van der Waals surface area contributed by atoms with Gasteiger partial charge in [-0.2, -0.15) is 0 Å². The minimum atomic E-state index is -0.606. The summed E-state index contributed by atoms with van der Waals surface area (Å²) in [4.78, 5) is 12.0. The van der Waals surface area contributed by atoms with E-state index in [-0.39, 0.29) is 5.97 Å². The Kier molecular flexibility index (Phi) is 3.85. The van der Waals surface area contributed by atoms with E-state index < -0.39 is 5.60 Å². The van der Waals surface area contributed by atoms with E-state index in [1.165, 1.54) is 0 Å². The first-order chi connectivity index (χ1) is 10.2. The maximum Gasteiger partial charge on any atom is 0.306 e. The van der Waals surface area contributed by atoms with E-state index in [0.717, 1.165) is 37.1 Å². The Morgan fingerprint density at radius 3 is 2.76 bits per heavy atom. The molecule has 1 aliphatic carbocycles. The summed E-state index contributed by atoms with van der Waals surface area (Å²) in [6.45, 7) is 8.14. The van der Waals surface area contributed by atoms with E-state index in [4.69, 9.17) is 4.74 Å². The van der Waals surface area contributed by atoms with Crippen molar-refractivity contribution in [3.05, 3.63) is 48.0 Å². The minimum Gasteiger partial charge on any atom is -0.449 e. The number of hydrogen-bond acceptors (Lipinski definition) is 3. The molecule has 1 saturated carbocycles. The Balaban J connectivity index is 2.00. The quantitative estimate of drug-likeness (QED) is 0.685. The van der Waals surface area contributed by atoms with Crippen LogP contribution >= 0.6 is 0 Å². The standard InChI is InChI=1S/C18H23NO2/c1-3-17(20)21-18(14-7-5-4-6-8-14)13(2)15-9-11-19-12-10-16(15)18/h4-8,15-16,19H,2-3,9-12H2,1H3. The molecule has 1 heterocycles. The van der Waals surface area contributed by atoms with Crippen LogP contribution in [0.1, 0.15) is 31.7 Å². The van der Waals surface area contributed by atoms with E-state index in [9.17, 15) is 4.79 Å². The number of benzene rings is 1. The van der Waals surface area contributed by atoms with Gasteiger partial charge in [0.25, 0.3) is 0 Å². The number of carbonyl (C=O) groups is 1. The number of nitrogens with one attached hydrogen (secondary N) is 1. The molecule has 1 aromatic carbocycles. The molecule has 0 bridgehead atoms. The first kappa shape index (κ1) is 14.3. The number of carbonyl (C=O) groups excluding carboxylic acids is 1. The summed E-state index contributed by atoms with van der Waals surface area (Å²) in [7, 11) is 0. The molecule has 0 spiro atoms. The highest BCUT2D eigenvalue weighted by molar-refractivity contribution is 5.71. The fourth-order valence-corrected chi connectivity index (χ4v) is 3.90. The van der Waals surface area contributed by atoms with E-state index in [1.807, 2.05) is 25.1 Å². The zero-order valence-corrected chi connectivity index (χ0v) is 12.6. The predicted molar refractivity (Wildman–Crippen MR) is 82.7 cm³/mol. The zero-order chi connectivity index (χ0) is 14.9. The van der Waals surface area contributed by atoms with Crippen LogP contribution in [-0.2, 0) is 15.1 Å². The second kappa shape index (κ2) is 5.64. The first-order valence-corrected chi connectivity index (χ1v) is 7.87. The molecule has 1 N–H and O–H groups in total. The molecule has 1 aromatic rings. The third kappa shape index (κ3) is 2.20. The van der Waals surface area contributed by atoms with Crippen molar-refractivity contribution in [1.82, 2.24) is 5.32 Å². The van der Waals surface area contributed by atoms with Crippen molar-refractivity contribution in [2.24, 2.45) is 11.8 Å². The molecule has 2 fully saturated rings.